The van der Waals surface area contributed by atoms with Gasteiger partial charge in [0.1, 0.15) is 18.0 Å². The SMILES string of the molecule is C=C1[C@H](O[C@@H]2C[C@@H](c3ccc(OC)cc3)C(C)=C2I)[C@@H]2OC(=O)[C@]3(C)C=CC(=O)[C@@](C)([C@@H]23)[C@H]1CC(=O)OC. The van der Waals surface area contributed by atoms with Crippen LogP contribution in [0.25, 0.3) is 0 Å². The van der Waals surface area contributed by atoms with Gasteiger partial charge in [0.2, 0.25) is 0 Å². The fraction of sp³-hybridized carbons (Fsp3) is 0.500. The van der Waals surface area contributed by atoms with Crippen molar-refractivity contribution in [3.8, 4) is 5.75 Å². The van der Waals surface area contributed by atoms with Crippen LogP contribution >= 0.6 is 22.6 Å². The van der Waals surface area contributed by atoms with Crippen molar-refractivity contribution in [2.45, 2.75) is 57.8 Å². The topological polar surface area (TPSA) is 88.1 Å². The molecule has 1 aromatic rings. The highest BCUT2D eigenvalue weighted by Gasteiger charge is 2.71. The first-order valence-electron chi connectivity index (χ1n) is 12.8. The number of halogens is 1. The molecule has 202 valence electrons. The Bertz CT molecular complexity index is 1260. The Morgan fingerprint density at radius 3 is 2.50 bits per heavy atom. The lowest BCUT2D eigenvalue weighted by Gasteiger charge is -2.54. The highest BCUT2D eigenvalue weighted by atomic mass is 127. The third kappa shape index (κ3) is 3.89. The molecule has 7 nitrogen and oxygen atoms in total. The van der Waals surface area contributed by atoms with Gasteiger partial charge < -0.3 is 18.9 Å². The second-order valence-electron chi connectivity index (χ2n) is 11.2. The first kappa shape index (κ1) is 27.1. The van der Waals surface area contributed by atoms with Gasteiger partial charge in [-0.25, -0.2) is 0 Å². The minimum absolute atomic E-state index is 0.0239. The van der Waals surface area contributed by atoms with E-state index in [-0.39, 0.29) is 30.2 Å². The summed E-state index contributed by atoms with van der Waals surface area (Å²) in [5, 5.41) is 0. The molecule has 0 aromatic heterocycles. The fourth-order valence-electron chi connectivity index (χ4n) is 7.11. The lowest BCUT2D eigenvalue weighted by Crippen LogP contribution is -2.61. The molecule has 1 aromatic carbocycles. The van der Waals surface area contributed by atoms with E-state index in [0.29, 0.717) is 5.57 Å². The molecule has 3 aliphatic carbocycles. The van der Waals surface area contributed by atoms with Crippen LogP contribution < -0.4 is 4.74 Å². The van der Waals surface area contributed by atoms with Gasteiger partial charge >= 0.3 is 11.9 Å². The molecule has 1 aliphatic heterocycles. The van der Waals surface area contributed by atoms with Crippen LogP contribution in [0, 0.1) is 22.7 Å². The predicted molar refractivity (Wildman–Crippen MR) is 149 cm³/mol. The lowest BCUT2D eigenvalue weighted by molar-refractivity contribution is -0.161. The van der Waals surface area contributed by atoms with Gasteiger partial charge in [-0.1, -0.05) is 37.3 Å². The second-order valence-corrected chi connectivity index (χ2v) is 12.3. The summed E-state index contributed by atoms with van der Waals surface area (Å²) in [6, 6.07) is 8.05. The number of carbonyl (C=O) groups excluding carboxylic acids is 3. The average Bonchev–Trinajstić information content (AvgIpc) is 3.34. The quantitative estimate of drug-likeness (QED) is 0.246. The van der Waals surface area contributed by atoms with Gasteiger partial charge in [-0.15, -0.1) is 0 Å². The van der Waals surface area contributed by atoms with Crippen LogP contribution in [0.4, 0.5) is 0 Å². The Balaban J connectivity index is 1.50. The van der Waals surface area contributed by atoms with Crippen LogP contribution in [-0.2, 0) is 28.6 Å². The maximum atomic E-state index is 13.4. The molecule has 8 heteroatoms. The van der Waals surface area contributed by atoms with Crippen LogP contribution in [0.15, 0.2) is 57.7 Å². The molecule has 2 fully saturated rings. The van der Waals surface area contributed by atoms with Gasteiger partial charge in [0.25, 0.3) is 0 Å². The van der Waals surface area contributed by atoms with E-state index in [0.717, 1.165) is 15.8 Å². The summed E-state index contributed by atoms with van der Waals surface area (Å²) in [4.78, 5) is 39.2. The molecular formula is C30H33IO7. The number of rotatable bonds is 6. The zero-order valence-corrected chi connectivity index (χ0v) is 24.4. The van der Waals surface area contributed by atoms with E-state index >= 15 is 0 Å². The summed E-state index contributed by atoms with van der Waals surface area (Å²) in [5.74, 6) is -1.04. The number of ketones is 1. The molecule has 4 aliphatic rings. The fourth-order valence-corrected chi connectivity index (χ4v) is 7.89. The molecule has 1 saturated carbocycles. The molecule has 0 bridgehead atoms. The van der Waals surface area contributed by atoms with E-state index in [1.807, 2.05) is 26.0 Å². The molecule has 0 radical (unpaired) electrons. The number of ether oxygens (including phenoxy) is 4. The largest absolute Gasteiger partial charge is 0.497 e. The van der Waals surface area contributed by atoms with Gasteiger partial charge in [0.05, 0.1) is 32.2 Å². The summed E-state index contributed by atoms with van der Waals surface area (Å²) in [6.07, 6.45) is 2.23. The summed E-state index contributed by atoms with van der Waals surface area (Å²) < 4.78 is 24.2. The van der Waals surface area contributed by atoms with E-state index in [2.05, 4.69) is 48.2 Å². The van der Waals surface area contributed by atoms with Crippen molar-refractivity contribution in [2.75, 3.05) is 14.2 Å². The van der Waals surface area contributed by atoms with Crippen LogP contribution in [0.3, 0.4) is 0 Å². The Morgan fingerprint density at radius 2 is 1.87 bits per heavy atom. The number of allylic oxidation sites excluding steroid dienone is 2. The first-order valence-corrected chi connectivity index (χ1v) is 13.9. The van der Waals surface area contributed by atoms with Gasteiger partial charge in [-0.05, 0) is 72.2 Å². The molecular weight excluding hydrogens is 599 g/mol. The van der Waals surface area contributed by atoms with E-state index in [1.165, 1.54) is 24.3 Å². The normalized spacial score (nSPS) is 37.8. The number of carbonyl (C=O) groups is 3. The monoisotopic (exact) mass is 632 g/mol. The zero-order chi connectivity index (χ0) is 27.6. The minimum Gasteiger partial charge on any atom is -0.497 e. The van der Waals surface area contributed by atoms with Crippen molar-refractivity contribution >= 4 is 40.3 Å². The summed E-state index contributed by atoms with van der Waals surface area (Å²) in [7, 11) is 2.98. The van der Waals surface area contributed by atoms with Crippen LogP contribution in [0.1, 0.15) is 45.1 Å². The van der Waals surface area contributed by atoms with Crippen LogP contribution in [-0.4, -0.2) is 50.3 Å². The Hall–Kier alpha value is -2.46. The zero-order valence-electron chi connectivity index (χ0n) is 22.3. The molecule has 1 heterocycles. The van der Waals surface area contributed by atoms with Gasteiger partial charge in [-0.2, -0.15) is 0 Å². The Morgan fingerprint density at radius 1 is 1.18 bits per heavy atom. The molecule has 38 heavy (non-hydrogen) atoms. The molecule has 5 rings (SSSR count). The van der Waals surface area contributed by atoms with Crippen molar-refractivity contribution in [1.82, 2.24) is 0 Å². The molecule has 0 amide bonds. The number of esters is 2. The summed E-state index contributed by atoms with van der Waals surface area (Å²) in [6.45, 7) is 10.1. The summed E-state index contributed by atoms with van der Waals surface area (Å²) in [5.41, 5.74) is 0.942. The van der Waals surface area contributed by atoms with Crippen molar-refractivity contribution in [3.05, 3.63) is 63.3 Å². The number of hydrogen-bond donors (Lipinski definition) is 0. The van der Waals surface area contributed by atoms with E-state index in [4.69, 9.17) is 18.9 Å². The number of hydrogen-bond acceptors (Lipinski definition) is 7. The molecule has 0 unspecified atom stereocenters. The highest BCUT2D eigenvalue weighted by molar-refractivity contribution is 14.1. The lowest BCUT2D eigenvalue weighted by atomic mass is 9.47. The molecule has 0 N–H and O–H groups in total. The molecule has 1 saturated heterocycles. The smallest absolute Gasteiger partial charge is 0.316 e. The highest BCUT2D eigenvalue weighted by Crippen LogP contribution is 2.63. The van der Waals surface area contributed by atoms with E-state index < -0.39 is 40.8 Å². The van der Waals surface area contributed by atoms with Gasteiger partial charge in [-0.3, -0.25) is 14.4 Å². The standard InChI is InChI=1S/C30H33IO7/c1-15-19(17-7-9-18(35-5)10-8-17)13-21(24(15)31)37-25-16(2)20(14-23(33)36-6)30(4)22(32)11-12-29(3)27(30)26(25)38-28(29)34/h7-12,19-21,25-27H,2,13-14H2,1,3-6H3/t19-,20+,21-,25+,26+,27+,29-,30+/m1/s1. The maximum Gasteiger partial charge on any atom is 0.316 e. The van der Waals surface area contributed by atoms with E-state index in [9.17, 15) is 14.4 Å². The predicted octanol–water partition coefficient (Wildman–Crippen LogP) is 5.09. The van der Waals surface area contributed by atoms with Gasteiger partial charge in [0.15, 0.2) is 5.78 Å². The van der Waals surface area contributed by atoms with Crippen molar-refractivity contribution in [3.63, 3.8) is 0 Å². The van der Waals surface area contributed by atoms with E-state index in [1.54, 1.807) is 13.2 Å². The van der Waals surface area contributed by atoms with Crippen LogP contribution in [0.2, 0.25) is 0 Å². The van der Waals surface area contributed by atoms with Crippen molar-refractivity contribution in [1.29, 1.82) is 0 Å². The third-order valence-corrected chi connectivity index (χ3v) is 10.9. The number of methoxy groups -OCH3 is 2. The molecule has 0 spiro atoms. The van der Waals surface area contributed by atoms with Crippen LogP contribution in [0.5, 0.6) is 5.75 Å². The van der Waals surface area contributed by atoms with Gasteiger partial charge in [0, 0.05) is 26.7 Å². The van der Waals surface area contributed by atoms with Crippen molar-refractivity contribution in [2.24, 2.45) is 22.7 Å². The minimum atomic E-state index is -1.05. The second kappa shape index (κ2) is 9.62. The summed E-state index contributed by atoms with van der Waals surface area (Å²) >= 11 is 2.34. The maximum absolute atomic E-state index is 13.4. The molecule has 8 atom stereocenters. The first-order chi connectivity index (χ1) is 18.0. The van der Waals surface area contributed by atoms with Crippen molar-refractivity contribution < 1.29 is 33.3 Å². The average molecular weight is 632 g/mol. The number of benzene rings is 1. The Kier molecular flexibility index (Phi) is 6.87. The Labute approximate surface area is 236 Å². The third-order valence-electron chi connectivity index (χ3n) is 9.31.